The molecule has 3 nitrogen and oxygen atoms in total. The fourth-order valence-corrected chi connectivity index (χ4v) is 1.26. The maximum atomic E-state index is 13.2. The Hall–Kier alpha value is -0.910. The predicted molar refractivity (Wildman–Crippen MR) is 52.5 cm³/mol. The Balaban J connectivity index is 3.09. The van der Waals surface area contributed by atoms with Crippen molar-refractivity contribution in [3.05, 3.63) is 29.3 Å². The van der Waals surface area contributed by atoms with Gasteiger partial charge in [-0.2, -0.15) is 0 Å². The Morgan fingerprint density at radius 3 is 2.40 bits per heavy atom. The molecule has 0 spiro atoms. The summed E-state index contributed by atoms with van der Waals surface area (Å²) in [5.74, 6) is -2.02. The number of nitrogens with two attached hydrogens (primary N) is 1. The SMILES string of the molecule is Nc1cc(F)c(C(O)C(O)CCl)cc1F. The zero-order valence-corrected chi connectivity index (χ0v) is 8.38. The molecule has 1 aromatic carbocycles. The molecule has 0 aromatic heterocycles. The summed E-state index contributed by atoms with van der Waals surface area (Å²) in [6.45, 7) is 0. The van der Waals surface area contributed by atoms with E-state index in [0.717, 1.165) is 12.1 Å². The van der Waals surface area contributed by atoms with Gasteiger partial charge in [0.25, 0.3) is 0 Å². The van der Waals surface area contributed by atoms with Crippen molar-refractivity contribution in [2.75, 3.05) is 11.6 Å². The summed E-state index contributed by atoms with van der Waals surface area (Å²) in [6, 6.07) is 1.49. The first-order valence-electron chi connectivity index (χ1n) is 4.14. The molecule has 0 fully saturated rings. The number of anilines is 1. The predicted octanol–water partition coefficient (Wildman–Crippen LogP) is 1.18. The Bertz CT molecular complexity index is 362. The summed E-state index contributed by atoms with van der Waals surface area (Å²) in [5.41, 5.74) is 4.39. The third kappa shape index (κ3) is 2.56. The third-order valence-electron chi connectivity index (χ3n) is 1.96. The van der Waals surface area contributed by atoms with Crippen molar-refractivity contribution in [2.45, 2.75) is 12.2 Å². The van der Waals surface area contributed by atoms with Gasteiger partial charge in [0.05, 0.1) is 17.7 Å². The number of nitrogen functional groups attached to an aromatic ring is 1. The molecule has 4 N–H and O–H groups in total. The van der Waals surface area contributed by atoms with E-state index in [1.165, 1.54) is 0 Å². The van der Waals surface area contributed by atoms with Gasteiger partial charge < -0.3 is 15.9 Å². The zero-order chi connectivity index (χ0) is 11.6. The Morgan fingerprint density at radius 1 is 1.27 bits per heavy atom. The first-order valence-corrected chi connectivity index (χ1v) is 4.67. The second kappa shape index (κ2) is 4.74. The van der Waals surface area contributed by atoms with E-state index in [1.54, 1.807) is 0 Å². The molecule has 0 aliphatic carbocycles. The van der Waals surface area contributed by atoms with Crippen LogP contribution in [0.25, 0.3) is 0 Å². The summed E-state index contributed by atoms with van der Waals surface area (Å²) < 4.78 is 26.2. The highest BCUT2D eigenvalue weighted by molar-refractivity contribution is 6.18. The number of hydrogen-bond acceptors (Lipinski definition) is 3. The fraction of sp³-hybridized carbons (Fsp3) is 0.333. The van der Waals surface area contributed by atoms with Crippen LogP contribution in [0.1, 0.15) is 11.7 Å². The van der Waals surface area contributed by atoms with Crippen molar-refractivity contribution in [1.29, 1.82) is 0 Å². The molecule has 15 heavy (non-hydrogen) atoms. The molecule has 1 aromatic rings. The van der Waals surface area contributed by atoms with Crippen LogP contribution in [0.4, 0.5) is 14.5 Å². The third-order valence-corrected chi connectivity index (χ3v) is 2.27. The molecule has 0 amide bonds. The van der Waals surface area contributed by atoms with Gasteiger partial charge >= 0.3 is 0 Å². The summed E-state index contributed by atoms with van der Waals surface area (Å²) >= 11 is 5.27. The van der Waals surface area contributed by atoms with Crippen molar-refractivity contribution in [1.82, 2.24) is 0 Å². The largest absolute Gasteiger partial charge is 0.396 e. The molecule has 0 aliphatic rings. The summed E-state index contributed by atoms with van der Waals surface area (Å²) in [4.78, 5) is 0. The lowest BCUT2D eigenvalue weighted by atomic mass is 10.0. The molecule has 84 valence electrons. The van der Waals surface area contributed by atoms with E-state index < -0.39 is 23.8 Å². The average Bonchev–Trinajstić information content (AvgIpc) is 2.21. The number of benzene rings is 1. The van der Waals surface area contributed by atoms with Crippen LogP contribution in [-0.4, -0.2) is 22.2 Å². The van der Waals surface area contributed by atoms with Gasteiger partial charge in [-0.1, -0.05) is 0 Å². The molecule has 0 saturated heterocycles. The van der Waals surface area contributed by atoms with Crippen molar-refractivity contribution in [3.63, 3.8) is 0 Å². The number of halogens is 3. The second-order valence-electron chi connectivity index (χ2n) is 3.06. The first kappa shape index (κ1) is 12.2. The van der Waals surface area contributed by atoms with Gasteiger partial charge in [-0.15, -0.1) is 11.6 Å². The van der Waals surface area contributed by atoms with E-state index in [0.29, 0.717) is 0 Å². The highest BCUT2D eigenvalue weighted by Crippen LogP contribution is 2.24. The molecule has 0 bridgehead atoms. The number of alkyl halides is 1. The minimum absolute atomic E-state index is 0.285. The normalized spacial score (nSPS) is 15.0. The Morgan fingerprint density at radius 2 is 1.87 bits per heavy atom. The van der Waals surface area contributed by atoms with Crippen LogP contribution in [-0.2, 0) is 0 Å². The minimum Gasteiger partial charge on any atom is -0.396 e. The van der Waals surface area contributed by atoms with Crippen molar-refractivity contribution in [3.8, 4) is 0 Å². The lowest BCUT2D eigenvalue weighted by Gasteiger charge is -2.16. The monoisotopic (exact) mass is 237 g/mol. The molecule has 6 heteroatoms. The number of aliphatic hydroxyl groups is 2. The number of aliphatic hydroxyl groups excluding tert-OH is 2. The van der Waals surface area contributed by atoms with Gasteiger partial charge in [0.15, 0.2) is 0 Å². The highest BCUT2D eigenvalue weighted by Gasteiger charge is 2.22. The summed E-state index contributed by atoms with van der Waals surface area (Å²) in [7, 11) is 0. The van der Waals surface area contributed by atoms with Crippen molar-refractivity contribution >= 4 is 17.3 Å². The molecule has 1 rings (SSSR count). The maximum absolute atomic E-state index is 13.2. The van der Waals surface area contributed by atoms with Gasteiger partial charge in [0.2, 0.25) is 0 Å². The topological polar surface area (TPSA) is 66.5 Å². The van der Waals surface area contributed by atoms with E-state index >= 15 is 0 Å². The van der Waals surface area contributed by atoms with Gasteiger partial charge in [-0.3, -0.25) is 0 Å². The molecule has 2 atom stereocenters. The van der Waals surface area contributed by atoms with Gasteiger partial charge in [0.1, 0.15) is 17.7 Å². The standard InChI is InChI=1S/C9H10ClF2NO2/c10-3-8(14)9(15)4-1-6(12)7(13)2-5(4)11/h1-2,8-9,14-15H,3,13H2. The van der Waals surface area contributed by atoms with E-state index in [2.05, 4.69) is 0 Å². The molecular formula is C9H10ClF2NO2. The van der Waals surface area contributed by atoms with E-state index in [9.17, 15) is 13.9 Å². The maximum Gasteiger partial charge on any atom is 0.146 e. The van der Waals surface area contributed by atoms with Crippen LogP contribution in [0, 0.1) is 11.6 Å². The van der Waals surface area contributed by atoms with Crippen LogP contribution in [0.15, 0.2) is 12.1 Å². The molecule has 2 unspecified atom stereocenters. The van der Waals surface area contributed by atoms with Crippen LogP contribution < -0.4 is 5.73 Å². The van der Waals surface area contributed by atoms with Crippen LogP contribution in [0.2, 0.25) is 0 Å². The van der Waals surface area contributed by atoms with Crippen LogP contribution >= 0.6 is 11.6 Å². The van der Waals surface area contributed by atoms with E-state index in [-0.39, 0.29) is 17.1 Å². The molecule has 0 heterocycles. The van der Waals surface area contributed by atoms with Crippen molar-refractivity contribution in [2.24, 2.45) is 0 Å². The highest BCUT2D eigenvalue weighted by atomic mass is 35.5. The van der Waals surface area contributed by atoms with Gasteiger partial charge in [-0.25, -0.2) is 8.78 Å². The van der Waals surface area contributed by atoms with Crippen LogP contribution in [0.5, 0.6) is 0 Å². The lowest BCUT2D eigenvalue weighted by Crippen LogP contribution is -2.21. The first-order chi connectivity index (χ1) is 6.97. The lowest BCUT2D eigenvalue weighted by molar-refractivity contribution is 0.0303. The quantitative estimate of drug-likeness (QED) is 0.546. The van der Waals surface area contributed by atoms with Crippen molar-refractivity contribution < 1.29 is 19.0 Å². The average molecular weight is 238 g/mol. The fourth-order valence-electron chi connectivity index (χ4n) is 1.10. The summed E-state index contributed by atoms with van der Waals surface area (Å²) in [6.07, 6.45) is -2.93. The van der Waals surface area contributed by atoms with Gasteiger partial charge in [-0.05, 0) is 6.07 Å². The van der Waals surface area contributed by atoms with E-state index in [1.807, 2.05) is 0 Å². The minimum atomic E-state index is -1.57. The smallest absolute Gasteiger partial charge is 0.146 e. The molecular weight excluding hydrogens is 228 g/mol. The van der Waals surface area contributed by atoms with E-state index in [4.69, 9.17) is 22.4 Å². The molecule has 0 radical (unpaired) electrons. The number of rotatable bonds is 3. The Labute approximate surface area is 90.1 Å². The second-order valence-corrected chi connectivity index (χ2v) is 3.37. The zero-order valence-electron chi connectivity index (χ0n) is 7.62. The van der Waals surface area contributed by atoms with Gasteiger partial charge in [0, 0.05) is 11.6 Å². The molecule has 0 aliphatic heterocycles. The molecule has 0 saturated carbocycles. The summed E-state index contributed by atoms with van der Waals surface area (Å²) in [5, 5.41) is 18.6. The number of hydrogen-bond donors (Lipinski definition) is 3. The Kier molecular flexibility index (Phi) is 3.84. The van der Waals surface area contributed by atoms with Crippen LogP contribution in [0.3, 0.4) is 0 Å².